The molecule has 0 spiro atoms. The van der Waals surface area contributed by atoms with E-state index in [1.165, 1.54) is 0 Å². The summed E-state index contributed by atoms with van der Waals surface area (Å²) in [4.78, 5) is 12.3. The normalized spacial score (nSPS) is 10.7. The number of aromatic nitrogens is 4. The standard InChI is InChI=1S/C29H26N6O/c1-18(30-2)21-11-4-5-12-22(21)27-16-25(32-34-27)19-9-8-10-20(15-19)26-17-28(35-33-26)23-13-6-7-14-24(23)29(36)31-3/h4-17,30H,1H2,2-3H3,(H,31,36)(H,32,34)(H,33,35). The molecule has 36 heavy (non-hydrogen) atoms. The summed E-state index contributed by atoms with van der Waals surface area (Å²) in [6.07, 6.45) is 0. The van der Waals surface area contributed by atoms with Gasteiger partial charge >= 0.3 is 0 Å². The second-order valence-electron chi connectivity index (χ2n) is 8.31. The van der Waals surface area contributed by atoms with Crippen LogP contribution in [0.1, 0.15) is 15.9 Å². The van der Waals surface area contributed by atoms with E-state index in [9.17, 15) is 4.79 Å². The second-order valence-corrected chi connectivity index (χ2v) is 8.31. The van der Waals surface area contributed by atoms with E-state index in [-0.39, 0.29) is 5.91 Å². The van der Waals surface area contributed by atoms with E-state index in [2.05, 4.69) is 43.7 Å². The Bertz CT molecular complexity index is 1450. The molecule has 0 saturated carbocycles. The van der Waals surface area contributed by atoms with Gasteiger partial charge in [0, 0.05) is 53.2 Å². The summed E-state index contributed by atoms with van der Waals surface area (Å²) in [5.41, 5.74) is 9.49. The maximum absolute atomic E-state index is 12.3. The van der Waals surface area contributed by atoms with Gasteiger partial charge in [0.25, 0.3) is 5.91 Å². The van der Waals surface area contributed by atoms with Gasteiger partial charge in [0.05, 0.1) is 22.8 Å². The minimum atomic E-state index is -0.141. The average molecular weight is 475 g/mol. The number of rotatable bonds is 7. The summed E-state index contributed by atoms with van der Waals surface area (Å²) in [6, 6.07) is 27.6. The molecule has 0 bridgehead atoms. The van der Waals surface area contributed by atoms with Crippen molar-refractivity contribution < 1.29 is 4.79 Å². The number of H-pyrrole nitrogens is 2. The Balaban J connectivity index is 1.46. The minimum Gasteiger partial charge on any atom is -0.388 e. The van der Waals surface area contributed by atoms with Crippen LogP contribution in [0.25, 0.3) is 50.7 Å². The topological polar surface area (TPSA) is 98.5 Å². The molecule has 1 amide bonds. The van der Waals surface area contributed by atoms with Crippen LogP contribution in [0.3, 0.4) is 0 Å². The molecule has 5 rings (SSSR count). The summed E-state index contributed by atoms with van der Waals surface area (Å²) < 4.78 is 0. The van der Waals surface area contributed by atoms with Crippen LogP contribution >= 0.6 is 0 Å². The van der Waals surface area contributed by atoms with Crippen LogP contribution in [-0.4, -0.2) is 40.4 Å². The summed E-state index contributed by atoms with van der Waals surface area (Å²) in [7, 11) is 3.49. The zero-order valence-corrected chi connectivity index (χ0v) is 20.1. The molecule has 178 valence electrons. The van der Waals surface area contributed by atoms with Gasteiger partial charge in [0.1, 0.15) is 0 Å². The maximum atomic E-state index is 12.3. The minimum absolute atomic E-state index is 0.141. The number of carbonyl (C=O) groups excluding carboxylic acids is 1. The number of hydrogen-bond acceptors (Lipinski definition) is 4. The first kappa shape index (κ1) is 22.9. The van der Waals surface area contributed by atoms with Gasteiger partial charge in [0.2, 0.25) is 0 Å². The van der Waals surface area contributed by atoms with Crippen molar-refractivity contribution in [3.63, 3.8) is 0 Å². The third-order valence-corrected chi connectivity index (χ3v) is 6.14. The molecule has 0 atom stereocenters. The monoisotopic (exact) mass is 474 g/mol. The summed E-state index contributed by atoms with van der Waals surface area (Å²) in [5.74, 6) is -0.141. The van der Waals surface area contributed by atoms with Crippen molar-refractivity contribution in [1.82, 2.24) is 31.0 Å². The molecule has 0 aliphatic carbocycles. The molecule has 4 N–H and O–H groups in total. The number of benzene rings is 3. The van der Waals surface area contributed by atoms with Gasteiger partial charge in [-0.2, -0.15) is 10.2 Å². The van der Waals surface area contributed by atoms with Crippen LogP contribution in [-0.2, 0) is 0 Å². The van der Waals surface area contributed by atoms with Gasteiger partial charge in [-0.15, -0.1) is 0 Å². The van der Waals surface area contributed by atoms with Crippen molar-refractivity contribution in [2.45, 2.75) is 0 Å². The molecule has 0 aliphatic heterocycles. The number of carbonyl (C=O) groups is 1. The first-order valence-electron chi connectivity index (χ1n) is 11.6. The molecule has 7 heteroatoms. The number of hydrogen-bond donors (Lipinski definition) is 4. The fourth-order valence-electron chi connectivity index (χ4n) is 4.22. The van der Waals surface area contributed by atoms with Crippen LogP contribution in [0.4, 0.5) is 0 Å². The second kappa shape index (κ2) is 9.76. The first-order valence-corrected chi connectivity index (χ1v) is 11.6. The molecule has 0 fully saturated rings. The fraction of sp³-hybridized carbons (Fsp3) is 0.0690. The lowest BCUT2D eigenvalue weighted by atomic mass is 10.0. The van der Waals surface area contributed by atoms with Crippen LogP contribution < -0.4 is 10.6 Å². The van der Waals surface area contributed by atoms with Crippen molar-refractivity contribution in [2.24, 2.45) is 0 Å². The molecule has 0 aliphatic rings. The van der Waals surface area contributed by atoms with Gasteiger partial charge in [-0.3, -0.25) is 15.0 Å². The highest BCUT2D eigenvalue weighted by Crippen LogP contribution is 2.31. The summed E-state index contributed by atoms with van der Waals surface area (Å²) in [6.45, 7) is 4.11. The van der Waals surface area contributed by atoms with Crippen molar-refractivity contribution in [1.29, 1.82) is 0 Å². The quantitative estimate of drug-likeness (QED) is 0.256. The number of amides is 1. The lowest BCUT2D eigenvalue weighted by Gasteiger charge is -2.09. The Morgan fingerprint density at radius 1 is 0.694 bits per heavy atom. The number of nitrogens with one attached hydrogen (secondary N) is 4. The van der Waals surface area contributed by atoms with Gasteiger partial charge in [-0.05, 0) is 24.3 Å². The van der Waals surface area contributed by atoms with Crippen LogP contribution in [0.5, 0.6) is 0 Å². The van der Waals surface area contributed by atoms with Gasteiger partial charge in [-0.1, -0.05) is 67.2 Å². The van der Waals surface area contributed by atoms with E-state index in [4.69, 9.17) is 0 Å². The Labute approximate surface area is 209 Å². The molecule has 0 radical (unpaired) electrons. The maximum Gasteiger partial charge on any atom is 0.251 e. The van der Waals surface area contributed by atoms with Crippen molar-refractivity contribution in [3.8, 4) is 45.0 Å². The highest BCUT2D eigenvalue weighted by molar-refractivity contribution is 6.00. The average Bonchev–Trinajstić information content (AvgIpc) is 3.63. The van der Waals surface area contributed by atoms with Crippen LogP contribution in [0, 0.1) is 0 Å². The van der Waals surface area contributed by atoms with E-state index >= 15 is 0 Å². The summed E-state index contributed by atoms with van der Waals surface area (Å²) >= 11 is 0. The largest absolute Gasteiger partial charge is 0.388 e. The van der Waals surface area contributed by atoms with Gasteiger partial charge in [-0.25, -0.2) is 0 Å². The molecule has 0 unspecified atom stereocenters. The predicted molar refractivity (Wildman–Crippen MR) is 144 cm³/mol. The number of nitrogens with zero attached hydrogens (tertiary/aromatic N) is 2. The Morgan fingerprint density at radius 3 is 1.78 bits per heavy atom. The lowest BCUT2D eigenvalue weighted by molar-refractivity contribution is 0.0963. The van der Waals surface area contributed by atoms with Crippen molar-refractivity contribution in [3.05, 3.63) is 103 Å². The highest BCUT2D eigenvalue weighted by atomic mass is 16.1. The summed E-state index contributed by atoms with van der Waals surface area (Å²) in [5, 5.41) is 21.1. The van der Waals surface area contributed by atoms with Gasteiger partial charge < -0.3 is 10.6 Å². The van der Waals surface area contributed by atoms with E-state index in [0.717, 1.165) is 56.3 Å². The Hall–Kier alpha value is -4.91. The molecule has 2 aromatic heterocycles. The van der Waals surface area contributed by atoms with E-state index in [0.29, 0.717) is 5.56 Å². The van der Waals surface area contributed by atoms with E-state index < -0.39 is 0 Å². The zero-order valence-electron chi connectivity index (χ0n) is 20.1. The van der Waals surface area contributed by atoms with Crippen LogP contribution in [0.15, 0.2) is 91.5 Å². The third kappa shape index (κ3) is 4.30. The first-order chi connectivity index (χ1) is 17.6. The molecular formula is C29H26N6O. The Morgan fingerprint density at radius 2 is 1.22 bits per heavy atom. The van der Waals surface area contributed by atoms with Crippen molar-refractivity contribution >= 4 is 11.6 Å². The van der Waals surface area contributed by atoms with Crippen molar-refractivity contribution in [2.75, 3.05) is 14.1 Å². The van der Waals surface area contributed by atoms with Gasteiger partial charge in [0.15, 0.2) is 0 Å². The Kier molecular flexibility index (Phi) is 6.19. The predicted octanol–water partition coefficient (Wildman–Crippen LogP) is 5.35. The molecule has 0 saturated heterocycles. The molecule has 3 aromatic carbocycles. The zero-order chi connectivity index (χ0) is 25.1. The smallest absolute Gasteiger partial charge is 0.251 e. The molecular weight excluding hydrogens is 448 g/mol. The highest BCUT2D eigenvalue weighted by Gasteiger charge is 2.15. The van der Waals surface area contributed by atoms with E-state index in [1.54, 1.807) is 13.1 Å². The van der Waals surface area contributed by atoms with Crippen LogP contribution in [0.2, 0.25) is 0 Å². The molecule has 2 heterocycles. The third-order valence-electron chi connectivity index (χ3n) is 6.14. The lowest BCUT2D eigenvalue weighted by Crippen LogP contribution is -2.18. The van der Waals surface area contributed by atoms with E-state index in [1.807, 2.05) is 79.8 Å². The SMILES string of the molecule is C=C(NC)c1ccccc1-c1cc(-c2cccc(-c3cc(-c4ccccc4C(=O)NC)[nH]n3)c2)n[nH]1. The molecule has 7 nitrogen and oxygen atoms in total. The fourth-order valence-corrected chi connectivity index (χ4v) is 4.22. The number of aromatic amines is 2. The molecule has 5 aromatic rings.